The van der Waals surface area contributed by atoms with Gasteiger partial charge in [0.1, 0.15) is 0 Å². The number of nitrogens with zero attached hydrogens (tertiary/aromatic N) is 1. The summed E-state index contributed by atoms with van der Waals surface area (Å²) in [5, 5.41) is 7.85. The van der Waals surface area contributed by atoms with Gasteiger partial charge in [0, 0.05) is 29.7 Å². The van der Waals surface area contributed by atoms with Crippen molar-refractivity contribution in [3.05, 3.63) is 70.9 Å². The number of amides is 4. The molecule has 2 aromatic rings. The summed E-state index contributed by atoms with van der Waals surface area (Å²) in [6.07, 6.45) is 0.721. The average molecular weight is 472 g/mol. The Balaban J connectivity index is 1.78. The topological polar surface area (TPSA) is 99.8 Å². The number of ether oxygens (including phenoxy) is 1. The first-order chi connectivity index (χ1) is 16.2. The molecule has 3 rings (SSSR count). The van der Waals surface area contributed by atoms with Crippen molar-refractivity contribution in [1.82, 2.24) is 10.2 Å². The van der Waals surface area contributed by atoms with Crippen molar-refractivity contribution < 1.29 is 27.9 Å². The van der Waals surface area contributed by atoms with E-state index in [1.54, 1.807) is 38.1 Å². The maximum absolute atomic E-state index is 13.3. The quantitative estimate of drug-likeness (QED) is 0.498. The van der Waals surface area contributed by atoms with Crippen LogP contribution in [0.2, 0.25) is 0 Å². The van der Waals surface area contributed by atoms with Gasteiger partial charge in [0.25, 0.3) is 0 Å². The number of halogens is 2. The Kier molecular flexibility index (Phi) is 7.83. The van der Waals surface area contributed by atoms with Crippen molar-refractivity contribution in [2.45, 2.75) is 33.2 Å². The summed E-state index contributed by atoms with van der Waals surface area (Å²) in [4.78, 5) is 39.1. The number of anilines is 2. The SMILES string of the molecule is CCCN1C(=O)NC(c2ccc(NC(=O)Nc3ccc(F)c(F)c3)cc2)C(C(=O)OCC)=C1C. The Hall–Kier alpha value is -3.95. The number of esters is 1. The predicted octanol–water partition coefficient (Wildman–Crippen LogP) is 4.92. The first kappa shape index (κ1) is 24.7. The highest BCUT2D eigenvalue weighted by molar-refractivity contribution is 6.00. The molecule has 0 bridgehead atoms. The molecule has 4 amide bonds. The van der Waals surface area contributed by atoms with Gasteiger partial charge in [0.05, 0.1) is 18.2 Å². The number of nitrogens with one attached hydrogen (secondary N) is 3. The molecule has 1 atom stereocenters. The minimum atomic E-state index is -1.07. The molecule has 0 saturated heterocycles. The van der Waals surface area contributed by atoms with Crippen LogP contribution in [0.4, 0.5) is 29.7 Å². The van der Waals surface area contributed by atoms with Crippen molar-refractivity contribution in [3.63, 3.8) is 0 Å². The fourth-order valence-electron chi connectivity index (χ4n) is 3.62. The molecule has 34 heavy (non-hydrogen) atoms. The van der Waals surface area contributed by atoms with E-state index in [4.69, 9.17) is 4.74 Å². The second-order valence-electron chi connectivity index (χ2n) is 7.58. The smallest absolute Gasteiger partial charge is 0.338 e. The van der Waals surface area contributed by atoms with Crippen LogP contribution >= 0.6 is 0 Å². The number of carbonyl (C=O) groups excluding carboxylic acids is 3. The van der Waals surface area contributed by atoms with Crippen LogP contribution in [0.5, 0.6) is 0 Å². The molecule has 0 radical (unpaired) electrons. The van der Waals surface area contributed by atoms with E-state index in [1.165, 1.54) is 11.0 Å². The molecule has 8 nitrogen and oxygen atoms in total. The van der Waals surface area contributed by atoms with Crippen molar-refractivity contribution in [2.24, 2.45) is 0 Å². The van der Waals surface area contributed by atoms with Crippen LogP contribution in [0.1, 0.15) is 38.8 Å². The molecule has 0 saturated carbocycles. The van der Waals surface area contributed by atoms with Gasteiger partial charge in [0.15, 0.2) is 11.6 Å². The molecule has 1 unspecified atom stereocenters. The largest absolute Gasteiger partial charge is 0.463 e. The molecule has 0 aliphatic carbocycles. The number of hydrogen-bond acceptors (Lipinski definition) is 4. The minimum Gasteiger partial charge on any atom is -0.463 e. The number of rotatable bonds is 7. The summed E-state index contributed by atoms with van der Waals surface area (Å²) < 4.78 is 31.6. The Morgan fingerprint density at radius 3 is 2.29 bits per heavy atom. The maximum Gasteiger partial charge on any atom is 0.338 e. The molecule has 10 heteroatoms. The van der Waals surface area contributed by atoms with Crippen LogP contribution in [0.25, 0.3) is 0 Å². The lowest BCUT2D eigenvalue weighted by molar-refractivity contribution is -0.139. The number of allylic oxidation sites excluding steroid dienone is 1. The number of benzene rings is 2. The van der Waals surface area contributed by atoms with Crippen LogP contribution in [0, 0.1) is 11.6 Å². The van der Waals surface area contributed by atoms with Gasteiger partial charge in [-0.1, -0.05) is 19.1 Å². The van der Waals surface area contributed by atoms with Crippen LogP contribution < -0.4 is 16.0 Å². The van der Waals surface area contributed by atoms with E-state index in [2.05, 4.69) is 16.0 Å². The monoisotopic (exact) mass is 472 g/mol. The second kappa shape index (κ2) is 10.8. The van der Waals surface area contributed by atoms with Gasteiger partial charge < -0.3 is 20.7 Å². The molecule has 0 aromatic heterocycles. The molecule has 3 N–H and O–H groups in total. The highest BCUT2D eigenvalue weighted by Gasteiger charge is 2.36. The Morgan fingerprint density at radius 1 is 1.03 bits per heavy atom. The van der Waals surface area contributed by atoms with Crippen molar-refractivity contribution in [1.29, 1.82) is 0 Å². The van der Waals surface area contributed by atoms with Gasteiger partial charge in [-0.05, 0) is 50.1 Å². The van der Waals surface area contributed by atoms with Gasteiger partial charge in [-0.15, -0.1) is 0 Å². The molecular weight excluding hydrogens is 446 g/mol. The van der Waals surface area contributed by atoms with Gasteiger partial charge in [-0.3, -0.25) is 4.90 Å². The highest BCUT2D eigenvalue weighted by Crippen LogP contribution is 2.32. The van der Waals surface area contributed by atoms with E-state index in [0.717, 1.165) is 18.6 Å². The Morgan fingerprint density at radius 2 is 1.68 bits per heavy atom. The molecule has 1 aliphatic rings. The Labute approximate surface area is 196 Å². The summed E-state index contributed by atoms with van der Waals surface area (Å²) in [5.41, 5.74) is 2.00. The normalized spacial score (nSPS) is 15.6. The van der Waals surface area contributed by atoms with E-state index in [-0.39, 0.29) is 18.3 Å². The summed E-state index contributed by atoms with van der Waals surface area (Å²) >= 11 is 0. The van der Waals surface area contributed by atoms with Crippen LogP contribution in [0.3, 0.4) is 0 Å². The summed E-state index contributed by atoms with van der Waals surface area (Å²) in [6.45, 7) is 6.01. The molecule has 0 fully saturated rings. The summed E-state index contributed by atoms with van der Waals surface area (Å²) in [6, 6.07) is 7.87. The van der Waals surface area contributed by atoms with Gasteiger partial charge in [0.2, 0.25) is 0 Å². The highest BCUT2D eigenvalue weighted by atomic mass is 19.2. The number of carbonyl (C=O) groups is 3. The maximum atomic E-state index is 13.3. The van der Waals surface area contributed by atoms with Crippen LogP contribution in [-0.2, 0) is 9.53 Å². The van der Waals surface area contributed by atoms with E-state index < -0.39 is 29.7 Å². The molecule has 1 aliphatic heterocycles. The first-order valence-electron chi connectivity index (χ1n) is 10.8. The first-order valence-corrected chi connectivity index (χ1v) is 10.8. The zero-order valence-electron chi connectivity index (χ0n) is 19.1. The lowest BCUT2D eigenvalue weighted by Gasteiger charge is -2.35. The van der Waals surface area contributed by atoms with Crippen LogP contribution in [0.15, 0.2) is 53.7 Å². The third-order valence-corrected chi connectivity index (χ3v) is 5.22. The fraction of sp³-hybridized carbons (Fsp3) is 0.292. The fourth-order valence-corrected chi connectivity index (χ4v) is 3.62. The van der Waals surface area contributed by atoms with Crippen molar-refractivity contribution in [2.75, 3.05) is 23.8 Å². The standard InChI is InChI=1S/C24H26F2N4O4/c1-4-12-30-14(3)20(22(31)34-5-2)21(29-24(30)33)15-6-8-16(9-7-15)27-23(32)28-17-10-11-18(25)19(26)13-17/h6-11,13,21H,4-5,12H2,1-3H3,(H,29,33)(H2,27,28,32). The van der Waals surface area contributed by atoms with Crippen LogP contribution in [-0.4, -0.2) is 36.1 Å². The second-order valence-corrected chi connectivity index (χ2v) is 7.58. The molecule has 180 valence electrons. The zero-order valence-corrected chi connectivity index (χ0v) is 19.1. The van der Waals surface area contributed by atoms with E-state index in [0.29, 0.717) is 29.1 Å². The van der Waals surface area contributed by atoms with E-state index in [1.807, 2.05) is 6.92 Å². The third kappa shape index (κ3) is 5.51. The molecular formula is C24H26F2N4O4. The van der Waals surface area contributed by atoms with Gasteiger partial charge >= 0.3 is 18.0 Å². The lowest BCUT2D eigenvalue weighted by Crippen LogP contribution is -2.48. The molecule has 2 aromatic carbocycles. The van der Waals surface area contributed by atoms with Crippen molar-refractivity contribution in [3.8, 4) is 0 Å². The summed E-state index contributed by atoms with van der Waals surface area (Å²) in [5.74, 6) is -2.60. The van der Waals surface area contributed by atoms with E-state index >= 15 is 0 Å². The van der Waals surface area contributed by atoms with E-state index in [9.17, 15) is 23.2 Å². The number of hydrogen-bond donors (Lipinski definition) is 3. The Bertz CT molecular complexity index is 1120. The minimum absolute atomic E-state index is 0.0919. The molecule has 1 heterocycles. The van der Waals surface area contributed by atoms with Gasteiger partial charge in [-0.2, -0.15) is 0 Å². The zero-order chi connectivity index (χ0) is 24.8. The number of urea groups is 2. The van der Waals surface area contributed by atoms with Gasteiger partial charge in [-0.25, -0.2) is 23.2 Å². The lowest BCUT2D eigenvalue weighted by atomic mass is 9.94. The predicted molar refractivity (Wildman–Crippen MR) is 123 cm³/mol. The summed E-state index contributed by atoms with van der Waals surface area (Å²) in [7, 11) is 0. The average Bonchev–Trinajstić information content (AvgIpc) is 2.79. The third-order valence-electron chi connectivity index (χ3n) is 5.22. The van der Waals surface area contributed by atoms with Crippen molar-refractivity contribution >= 4 is 29.4 Å². The molecule has 0 spiro atoms.